The van der Waals surface area contributed by atoms with E-state index in [-0.39, 0.29) is 12.2 Å². The summed E-state index contributed by atoms with van der Waals surface area (Å²) in [6.07, 6.45) is -0.499. The average Bonchev–Trinajstić information content (AvgIpc) is 2.50. The fraction of sp³-hybridized carbons (Fsp3) is 0.250. The summed E-state index contributed by atoms with van der Waals surface area (Å²) in [4.78, 5) is 0. The number of rotatable bonds is 5. The number of ether oxygens (including phenoxy) is 2. The highest BCUT2D eigenvalue weighted by atomic mass is 79.9. The van der Waals surface area contributed by atoms with Gasteiger partial charge in [-0.1, -0.05) is 15.9 Å². The number of aliphatic hydroxyl groups is 1. The first kappa shape index (κ1) is 15.8. The van der Waals surface area contributed by atoms with Crippen LogP contribution < -0.4 is 9.47 Å². The van der Waals surface area contributed by atoms with E-state index < -0.39 is 6.10 Å². The molecule has 1 N–H and O–H groups in total. The Balaban J connectivity index is 2.27. The van der Waals surface area contributed by atoms with Gasteiger partial charge in [-0.15, -0.1) is 0 Å². The van der Waals surface area contributed by atoms with E-state index in [1.165, 1.54) is 12.1 Å². The smallest absolute Gasteiger partial charge is 0.123 e. The van der Waals surface area contributed by atoms with Crippen LogP contribution in [0.1, 0.15) is 17.2 Å². The van der Waals surface area contributed by atoms with Gasteiger partial charge in [0.2, 0.25) is 0 Å². The maximum absolute atomic E-state index is 13.3. The summed E-state index contributed by atoms with van der Waals surface area (Å²) in [6, 6.07) is 9.61. The molecule has 0 aromatic heterocycles. The van der Waals surface area contributed by atoms with Crippen molar-refractivity contribution in [2.45, 2.75) is 12.5 Å². The second-order valence-corrected chi connectivity index (χ2v) is 5.46. The van der Waals surface area contributed by atoms with E-state index in [0.29, 0.717) is 22.6 Å². The molecule has 1 unspecified atom stereocenters. The maximum atomic E-state index is 13.3. The molecule has 3 nitrogen and oxygen atoms in total. The molecule has 5 heteroatoms. The third-order valence-electron chi connectivity index (χ3n) is 3.18. The predicted molar refractivity (Wildman–Crippen MR) is 82.3 cm³/mol. The average molecular weight is 355 g/mol. The highest BCUT2D eigenvalue weighted by molar-refractivity contribution is 9.10. The van der Waals surface area contributed by atoms with Crippen LogP contribution in [0.25, 0.3) is 0 Å². The quantitative estimate of drug-likeness (QED) is 0.885. The number of benzene rings is 2. The first-order chi connectivity index (χ1) is 10.0. The molecule has 0 spiro atoms. The molecule has 0 aliphatic rings. The van der Waals surface area contributed by atoms with Crippen molar-refractivity contribution >= 4 is 15.9 Å². The van der Waals surface area contributed by atoms with E-state index in [2.05, 4.69) is 15.9 Å². The molecule has 0 bridgehead atoms. The summed E-state index contributed by atoms with van der Waals surface area (Å²) >= 11 is 3.36. The minimum Gasteiger partial charge on any atom is -0.497 e. The summed E-state index contributed by atoms with van der Waals surface area (Å²) in [5, 5.41) is 10.4. The number of halogens is 2. The van der Waals surface area contributed by atoms with Gasteiger partial charge in [-0.05, 0) is 41.5 Å². The SMILES string of the molecule is COc1cc(OC)cc(C(O)Cc2cc(F)ccc2Br)c1. The zero-order chi connectivity index (χ0) is 15.4. The number of methoxy groups -OCH3 is 2. The van der Waals surface area contributed by atoms with Gasteiger partial charge in [0.05, 0.1) is 20.3 Å². The number of hydrogen-bond donors (Lipinski definition) is 1. The van der Waals surface area contributed by atoms with Crippen molar-refractivity contribution in [2.24, 2.45) is 0 Å². The largest absolute Gasteiger partial charge is 0.497 e. The molecule has 0 fully saturated rings. The van der Waals surface area contributed by atoms with Crippen LogP contribution in [-0.2, 0) is 6.42 Å². The Morgan fingerprint density at radius 2 is 1.71 bits per heavy atom. The monoisotopic (exact) mass is 354 g/mol. The lowest BCUT2D eigenvalue weighted by Crippen LogP contribution is -2.04. The highest BCUT2D eigenvalue weighted by Gasteiger charge is 2.14. The van der Waals surface area contributed by atoms with Crippen LogP contribution in [0.2, 0.25) is 0 Å². The summed E-state index contributed by atoms with van der Waals surface area (Å²) in [7, 11) is 3.10. The van der Waals surface area contributed by atoms with E-state index >= 15 is 0 Å². The van der Waals surface area contributed by atoms with Crippen molar-refractivity contribution in [3.8, 4) is 11.5 Å². The van der Waals surface area contributed by atoms with Crippen LogP contribution in [0, 0.1) is 5.82 Å². The highest BCUT2D eigenvalue weighted by Crippen LogP contribution is 2.30. The Labute approximate surface area is 131 Å². The maximum Gasteiger partial charge on any atom is 0.123 e. The van der Waals surface area contributed by atoms with E-state index in [1.807, 2.05) is 0 Å². The van der Waals surface area contributed by atoms with E-state index in [1.54, 1.807) is 38.5 Å². The van der Waals surface area contributed by atoms with Crippen molar-refractivity contribution in [1.29, 1.82) is 0 Å². The van der Waals surface area contributed by atoms with E-state index in [9.17, 15) is 9.50 Å². The minimum atomic E-state index is -0.785. The summed E-state index contributed by atoms with van der Waals surface area (Å²) in [6.45, 7) is 0. The minimum absolute atomic E-state index is 0.286. The topological polar surface area (TPSA) is 38.7 Å². The van der Waals surface area contributed by atoms with Crippen molar-refractivity contribution in [3.63, 3.8) is 0 Å². The molecule has 0 radical (unpaired) electrons. The summed E-state index contributed by atoms with van der Waals surface area (Å²) in [5.41, 5.74) is 1.35. The standard InChI is InChI=1S/C16H16BrFO3/c1-20-13-6-11(7-14(9-13)21-2)16(19)8-10-5-12(18)3-4-15(10)17/h3-7,9,16,19H,8H2,1-2H3. The van der Waals surface area contributed by atoms with Crippen LogP contribution >= 0.6 is 15.9 Å². The zero-order valence-electron chi connectivity index (χ0n) is 11.8. The molecule has 0 aliphatic carbocycles. The molecule has 0 saturated heterocycles. The van der Waals surface area contributed by atoms with Crippen molar-refractivity contribution < 1.29 is 19.0 Å². The van der Waals surface area contributed by atoms with Crippen molar-refractivity contribution in [2.75, 3.05) is 14.2 Å². The summed E-state index contributed by atoms with van der Waals surface area (Å²) < 4.78 is 24.4. The van der Waals surface area contributed by atoms with Crippen molar-refractivity contribution in [1.82, 2.24) is 0 Å². The molecule has 2 rings (SSSR count). The third kappa shape index (κ3) is 3.95. The molecule has 0 heterocycles. The lowest BCUT2D eigenvalue weighted by molar-refractivity contribution is 0.177. The Morgan fingerprint density at radius 1 is 1.10 bits per heavy atom. The van der Waals surface area contributed by atoms with Gasteiger partial charge in [0.1, 0.15) is 17.3 Å². The van der Waals surface area contributed by atoms with Gasteiger partial charge in [0.15, 0.2) is 0 Å². The Hall–Kier alpha value is -1.59. The van der Waals surface area contributed by atoms with Gasteiger partial charge >= 0.3 is 0 Å². The second kappa shape index (κ2) is 6.91. The van der Waals surface area contributed by atoms with Gasteiger partial charge in [0.25, 0.3) is 0 Å². The lowest BCUT2D eigenvalue weighted by Gasteiger charge is -2.15. The lowest BCUT2D eigenvalue weighted by atomic mass is 10.0. The predicted octanol–water partition coefficient (Wildman–Crippen LogP) is 3.88. The van der Waals surface area contributed by atoms with Crippen molar-refractivity contribution in [3.05, 3.63) is 57.8 Å². The third-order valence-corrected chi connectivity index (χ3v) is 3.95. The van der Waals surface area contributed by atoms with Gasteiger partial charge < -0.3 is 14.6 Å². The molecule has 2 aromatic carbocycles. The van der Waals surface area contributed by atoms with Crippen LogP contribution in [0.4, 0.5) is 4.39 Å². The molecule has 0 aliphatic heterocycles. The van der Waals surface area contributed by atoms with Gasteiger partial charge in [-0.3, -0.25) is 0 Å². The molecular formula is C16H16BrFO3. The molecule has 112 valence electrons. The Kier molecular flexibility index (Phi) is 5.20. The second-order valence-electron chi connectivity index (χ2n) is 4.60. The van der Waals surface area contributed by atoms with Gasteiger partial charge in [-0.2, -0.15) is 0 Å². The first-order valence-corrected chi connectivity index (χ1v) is 7.17. The fourth-order valence-electron chi connectivity index (χ4n) is 2.05. The molecule has 2 aromatic rings. The Morgan fingerprint density at radius 3 is 2.29 bits per heavy atom. The van der Waals surface area contributed by atoms with E-state index in [4.69, 9.17) is 9.47 Å². The Bertz CT molecular complexity index is 609. The fourth-order valence-corrected chi connectivity index (χ4v) is 2.46. The van der Waals surface area contributed by atoms with Gasteiger partial charge in [-0.25, -0.2) is 4.39 Å². The van der Waals surface area contributed by atoms with Crippen LogP contribution in [0.15, 0.2) is 40.9 Å². The summed E-state index contributed by atoms with van der Waals surface area (Å²) in [5.74, 6) is 0.868. The molecule has 0 amide bonds. The molecule has 0 saturated carbocycles. The molecule has 1 atom stereocenters. The normalized spacial score (nSPS) is 12.0. The zero-order valence-corrected chi connectivity index (χ0v) is 13.4. The van der Waals surface area contributed by atoms with Crippen LogP contribution in [-0.4, -0.2) is 19.3 Å². The van der Waals surface area contributed by atoms with E-state index in [0.717, 1.165) is 4.47 Å². The molecule has 21 heavy (non-hydrogen) atoms. The van der Waals surface area contributed by atoms with Crippen LogP contribution in [0.5, 0.6) is 11.5 Å². The number of aliphatic hydroxyl groups excluding tert-OH is 1. The first-order valence-electron chi connectivity index (χ1n) is 6.38. The van der Waals surface area contributed by atoms with Gasteiger partial charge in [0, 0.05) is 17.0 Å². The molecular weight excluding hydrogens is 339 g/mol. The van der Waals surface area contributed by atoms with Crippen LogP contribution in [0.3, 0.4) is 0 Å². The number of hydrogen-bond acceptors (Lipinski definition) is 3.